The molecule has 0 saturated carbocycles. The van der Waals surface area contributed by atoms with Crippen LogP contribution in [0, 0.1) is 0 Å². The van der Waals surface area contributed by atoms with Crippen molar-refractivity contribution in [2.75, 3.05) is 25.5 Å². The summed E-state index contributed by atoms with van der Waals surface area (Å²) in [6.07, 6.45) is 0.535. The molecule has 0 spiro atoms. The van der Waals surface area contributed by atoms with E-state index in [1.54, 1.807) is 36.4 Å². The van der Waals surface area contributed by atoms with E-state index in [-0.39, 0.29) is 11.3 Å². The highest BCUT2D eigenvalue weighted by Crippen LogP contribution is 2.40. The van der Waals surface area contributed by atoms with Crippen LogP contribution < -0.4 is 4.90 Å². The molecule has 0 aromatic heterocycles. The van der Waals surface area contributed by atoms with Crippen LogP contribution in [0.15, 0.2) is 78.4 Å². The van der Waals surface area contributed by atoms with E-state index in [2.05, 4.69) is 0 Å². The summed E-state index contributed by atoms with van der Waals surface area (Å²) in [5, 5.41) is 12.2. The summed E-state index contributed by atoms with van der Waals surface area (Å²) in [6, 6.07) is 20.9. The fourth-order valence-electron chi connectivity index (χ4n) is 4.10. The van der Waals surface area contributed by atoms with Crippen LogP contribution in [0.25, 0.3) is 5.76 Å². The summed E-state index contributed by atoms with van der Waals surface area (Å²) < 4.78 is 0. The van der Waals surface area contributed by atoms with Gasteiger partial charge >= 0.3 is 0 Å². The third kappa shape index (κ3) is 4.81. The lowest BCUT2D eigenvalue weighted by atomic mass is 9.95. The van der Waals surface area contributed by atoms with Crippen molar-refractivity contribution >= 4 is 46.3 Å². The van der Waals surface area contributed by atoms with E-state index < -0.39 is 17.7 Å². The highest BCUT2D eigenvalue weighted by atomic mass is 35.5. The van der Waals surface area contributed by atoms with Gasteiger partial charge in [-0.15, -0.1) is 0 Å². The van der Waals surface area contributed by atoms with Gasteiger partial charge in [0, 0.05) is 41.9 Å². The third-order valence-corrected chi connectivity index (χ3v) is 6.40. The predicted molar refractivity (Wildman–Crippen MR) is 136 cm³/mol. The molecule has 1 N–H and O–H groups in total. The molecule has 1 fully saturated rings. The zero-order valence-corrected chi connectivity index (χ0v) is 20.3. The molecule has 3 aromatic carbocycles. The van der Waals surface area contributed by atoms with Crippen molar-refractivity contribution in [3.05, 3.63) is 105 Å². The summed E-state index contributed by atoms with van der Waals surface area (Å²) in [5.41, 5.74) is 3.16. The Morgan fingerprint density at radius 2 is 1.62 bits per heavy atom. The van der Waals surface area contributed by atoms with E-state index in [1.807, 2.05) is 55.4 Å². The standard InChI is InChI=1S/C27H24Cl2N2O3/c1-30(2)22-12-8-18(9-13-22)24-23(25(32)19-4-3-5-21(29)16-19)26(33)27(34)31(24)15-14-17-6-10-20(28)11-7-17/h3-13,16,24,32H,14-15H2,1-2H3/b25-23-. The Morgan fingerprint density at radius 1 is 0.941 bits per heavy atom. The second-order valence-corrected chi connectivity index (χ2v) is 9.24. The van der Waals surface area contributed by atoms with E-state index in [0.717, 1.165) is 16.8 Å². The molecule has 1 aliphatic rings. The highest BCUT2D eigenvalue weighted by molar-refractivity contribution is 6.46. The zero-order valence-electron chi connectivity index (χ0n) is 18.8. The van der Waals surface area contributed by atoms with Crippen LogP contribution in [-0.2, 0) is 16.0 Å². The first-order valence-corrected chi connectivity index (χ1v) is 11.6. The number of halogens is 2. The number of anilines is 1. The van der Waals surface area contributed by atoms with E-state index in [1.165, 1.54) is 4.90 Å². The summed E-state index contributed by atoms with van der Waals surface area (Å²) in [6.45, 7) is 0.304. The Kier molecular flexibility index (Phi) is 6.96. The Labute approximate surface area is 208 Å². The van der Waals surface area contributed by atoms with Crippen LogP contribution >= 0.6 is 23.2 Å². The lowest BCUT2D eigenvalue weighted by Crippen LogP contribution is -2.31. The van der Waals surface area contributed by atoms with Gasteiger partial charge in [-0.05, 0) is 53.9 Å². The lowest BCUT2D eigenvalue weighted by Gasteiger charge is -2.26. The van der Waals surface area contributed by atoms with Crippen molar-refractivity contribution in [2.24, 2.45) is 0 Å². The highest BCUT2D eigenvalue weighted by Gasteiger charge is 2.45. The zero-order chi connectivity index (χ0) is 24.4. The van der Waals surface area contributed by atoms with Crippen LogP contribution in [0.1, 0.15) is 22.7 Å². The second kappa shape index (κ2) is 9.92. The largest absolute Gasteiger partial charge is 0.507 e. The molecule has 4 rings (SSSR count). The number of rotatable bonds is 6. The number of nitrogens with zero attached hydrogens (tertiary/aromatic N) is 2. The molecule has 0 aliphatic carbocycles. The van der Waals surface area contributed by atoms with Crippen LogP contribution in [0.2, 0.25) is 10.0 Å². The maximum Gasteiger partial charge on any atom is 0.295 e. The van der Waals surface area contributed by atoms with Gasteiger partial charge in [-0.2, -0.15) is 0 Å². The number of Topliss-reactive ketones (excluding diaryl/α,β-unsaturated/α-hetero) is 1. The molecule has 3 aromatic rings. The normalized spacial score (nSPS) is 17.3. The lowest BCUT2D eigenvalue weighted by molar-refractivity contribution is -0.139. The first-order valence-electron chi connectivity index (χ1n) is 10.8. The van der Waals surface area contributed by atoms with Crippen LogP contribution in [0.3, 0.4) is 0 Å². The SMILES string of the molecule is CN(C)c1ccc(C2/C(=C(/O)c3cccc(Cl)c3)C(=O)C(=O)N2CCc2ccc(Cl)cc2)cc1. The number of aliphatic hydroxyl groups excluding tert-OH is 1. The van der Waals surface area contributed by atoms with Crippen LogP contribution in [0.5, 0.6) is 0 Å². The molecule has 1 saturated heterocycles. The van der Waals surface area contributed by atoms with E-state index in [0.29, 0.717) is 28.6 Å². The Hall–Kier alpha value is -3.28. The van der Waals surface area contributed by atoms with Crippen molar-refractivity contribution < 1.29 is 14.7 Å². The number of ketones is 1. The first-order chi connectivity index (χ1) is 16.3. The molecule has 1 atom stereocenters. The quantitative estimate of drug-likeness (QED) is 0.270. The fourth-order valence-corrected chi connectivity index (χ4v) is 4.42. The number of carbonyl (C=O) groups is 2. The fraction of sp³-hybridized carbons (Fsp3) is 0.185. The molecule has 34 heavy (non-hydrogen) atoms. The van der Waals surface area contributed by atoms with Gasteiger partial charge in [0.25, 0.3) is 11.7 Å². The molecule has 5 nitrogen and oxygen atoms in total. The number of aliphatic hydroxyl groups is 1. The molecule has 0 bridgehead atoms. The Balaban J connectivity index is 1.77. The predicted octanol–water partition coefficient (Wildman–Crippen LogP) is 5.72. The second-order valence-electron chi connectivity index (χ2n) is 8.37. The third-order valence-electron chi connectivity index (χ3n) is 5.92. The summed E-state index contributed by atoms with van der Waals surface area (Å²) in [5.74, 6) is -1.59. The van der Waals surface area contributed by atoms with E-state index in [4.69, 9.17) is 23.2 Å². The average Bonchev–Trinajstić information content (AvgIpc) is 3.08. The smallest absolute Gasteiger partial charge is 0.295 e. The molecule has 1 unspecified atom stereocenters. The molecule has 0 radical (unpaired) electrons. The van der Waals surface area contributed by atoms with Gasteiger partial charge in [0.1, 0.15) is 5.76 Å². The molecular formula is C27H24Cl2N2O3. The molecule has 174 valence electrons. The maximum atomic E-state index is 13.2. The van der Waals surface area contributed by atoms with Gasteiger partial charge in [-0.3, -0.25) is 9.59 Å². The Morgan fingerprint density at radius 3 is 2.24 bits per heavy atom. The van der Waals surface area contributed by atoms with Gasteiger partial charge in [0.2, 0.25) is 0 Å². The van der Waals surface area contributed by atoms with Crippen molar-refractivity contribution in [3.8, 4) is 0 Å². The van der Waals surface area contributed by atoms with Gasteiger partial charge in [0.05, 0.1) is 11.6 Å². The molecule has 1 aliphatic heterocycles. The maximum absolute atomic E-state index is 13.2. The number of carbonyl (C=O) groups excluding carboxylic acids is 2. The number of hydrogen-bond donors (Lipinski definition) is 1. The van der Waals surface area contributed by atoms with Crippen molar-refractivity contribution in [1.29, 1.82) is 0 Å². The minimum Gasteiger partial charge on any atom is -0.507 e. The average molecular weight is 495 g/mol. The van der Waals surface area contributed by atoms with Crippen molar-refractivity contribution in [3.63, 3.8) is 0 Å². The molecular weight excluding hydrogens is 471 g/mol. The first kappa shape index (κ1) is 23.9. The minimum atomic E-state index is -0.720. The molecule has 7 heteroatoms. The van der Waals surface area contributed by atoms with Gasteiger partial charge in [-0.1, -0.05) is 59.6 Å². The molecule has 1 heterocycles. The van der Waals surface area contributed by atoms with E-state index in [9.17, 15) is 14.7 Å². The molecule has 1 amide bonds. The van der Waals surface area contributed by atoms with Gasteiger partial charge in [0.15, 0.2) is 0 Å². The number of amides is 1. The summed E-state index contributed by atoms with van der Waals surface area (Å²) in [7, 11) is 3.87. The van der Waals surface area contributed by atoms with Gasteiger partial charge in [-0.25, -0.2) is 0 Å². The van der Waals surface area contributed by atoms with Gasteiger partial charge < -0.3 is 14.9 Å². The number of hydrogen-bond acceptors (Lipinski definition) is 4. The monoisotopic (exact) mass is 494 g/mol. The number of likely N-dealkylation sites (tertiary alicyclic amines) is 1. The van der Waals surface area contributed by atoms with Crippen molar-refractivity contribution in [1.82, 2.24) is 4.90 Å². The number of benzene rings is 3. The Bertz CT molecular complexity index is 1250. The summed E-state index contributed by atoms with van der Waals surface area (Å²) >= 11 is 12.1. The minimum absolute atomic E-state index is 0.0565. The van der Waals surface area contributed by atoms with E-state index >= 15 is 0 Å². The van der Waals surface area contributed by atoms with Crippen molar-refractivity contribution in [2.45, 2.75) is 12.5 Å². The summed E-state index contributed by atoms with van der Waals surface area (Å²) in [4.78, 5) is 29.8. The topological polar surface area (TPSA) is 60.9 Å². The van der Waals surface area contributed by atoms with Crippen LogP contribution in [-0.4, -0.2) is 42.3 Å². The van der Waals surface area contributed by atoms with Crippen LogP contribution in [0.4, 0.5) is 5.69 Å².